The van der Waals surface area contributed by atoms with Gasteiger partial charge >= 0.3 is 6.39 Å². The Labute approximate surface area is 60.9 Å². The highest BCUT2D eigenvalue weighted by atomic mass is 35.5. The Kier molecular flexibility index (Phi) is 3.32. The Balaban J connectivity index is 0.000000640. The van der Waals surface area contributed by atoms with Gasteiger partial charge in [-0.15, -0.1) is 0 Å². The van der Waals surface area contributed by atoms with Gasteiger partial charge in [-0.2, -0.15) is 4.57 Å². The molecule has 52 valence electrons. The van der Waals surface area contributed by atoms with Crippen LogP contribution in [0.4, 0.5) is 0 Å². The maximum absolute atomic E-state index is 4.84. The van der Waals surface area contributed by atoms with Crippen LogP contribution in [-0.4, -0.2) is 0 Å². The van der Waals surface area contributed by atoms with Crippen LogP contribution in [0.25, 0.3) is 0 Å². The molecule has 1 rings (SSSR count). The second-order valence-electron chi connectivity index (χ2n) is 2.07. The van der Waals surface area contributed by atoms with Crippen molar-refractivity contribution in [3.8, 4) is 0 Å². The number of hydrogen-bond donors (Lipinski definition) is 0. The smallest absolute Gasteiger partial charge is 0.334 e. The monoisotopic (exact) mass is 147 g/mol. The second-order valence-corrected chi connectivity index (χ2v) is 2.07. The summed E-state index contributed by atoms with van der Waals surface area (Å²) in [6.45, 7) is 4.21. The van der Waals surface area contributed by atoms with Crippen molar-refractivity contribution in [3.63, 3.8) is 0 Å². The number of rotatable bonds is 1. The van der Waals surface area contributed by atoms with Gasteiger partial charge in [0, 0.05) is 0 Å². The summed E-state index contributed by atoms with van der Waals surface area (Å²) in [5.41, 5.74) is 0. The standard InChI is InChI=1S/C6H10NO.ClH/c1-6(2)7-3-4-8-5-7;/h3-6H,1-2H3;1H/q+1;/p-1. The fourth-order valence-corrected chi connectivity index (χ4v) is 0.540. The van der Waals surface area contributed by atoms with Crippen LogP contribution in [0.15, 0.2) is 23.3 Å². The summed E-state index contributed by atoms with van der Waals surface area (Å²) in [5.74, 6) is 0. The molecule has 0 amide bonds. The van der Waals surface area contributed by atoms with Crippen molar-refractivity contribution in [2.75, 3.05) is 0 Å². The van der Waals surface area contributed by atoms with Crippen molar-refractivity contribution < 1.29 is 21.4 Å². The van der Waals surface area contributed by atoms with E-state index in [1.807, 2.05) is 10.8 Å². The molecule has 0 fully saturated rings. The van der Waals surface area contributed by atoms with Gasteiger partial charge in [-0.25, -0.2) is 0 Å². The molecule has 0 unspecified atom stereocenters. The predicted octanol–water partition coefficient (Wildman–Crippen LogP) is -1.85. The summed E-state index contributed by atoms with van der Waals surface area (Å²) >= 11 is 0. The molecule has 1 heterocycles. The zero-order valence-corrected chi connectivity index (χ0v) is 6.30. The second kappa shape index (κ2) is 3.51. The third kappa shape index (κ3) is 2.06. The number of halogens is 1. The summed E-state index contributed by atoms with van der Waals surface area (Å²) in [7, 11) is 0. The molecule has 0 atom stereocenters. The summed E-state index contributed by atoms with van der Waals surface area (Å²) in [6.07, 6.45) is 5.27. The Morgan fingerprint density at radius 1 is 1.44 bits per heavy atom. The minimum absolute atomic E-state index is 0. The minimum atomic E-state index is 0. The average molecular weight is 148 g/mol. The van der Waals surface area contributed by atoms with E-state index in [9.17, 15) is 0 Å². The van der Waals surface area contributed by atoms with Crippen LogP contribution in [0.3, 0.4) is 0 Å². The number of oxazole rings is 1. The highest BCUT2D eigenvalue weighted by Crippen LogP contribution is 1.88. The summed E-state index contributed by atoms with van der Waals surface area (Å²) < 4.78 is 6.84. The Hall–Kier alpha value is -0.500. The highest BCUT2D eigenvalue weighted by Gasteiger charge is 2.03. The first kappa shape index (κ1) is 8.50. The van der Waals surface area contributed by atoms with Crippen LogP contribution < -0.4 is 17.0 Å². The summed E-state index contributed by atoms with van der Waals surface area (Å²) in [6, 6.07) is 0.508. The lowest BCUT2D eigenvalue weighted by molar-refractivity contribution is -0.718. The fraction of sp³-hybridized carbons (Fsp3) is 0.500. The quantitative estimate of drug-likeness (QED) is 0.427. The lowest BCUT2D eigenvalue weighted by Crippen LogP contribution is -3.00. The van der Waals surface area contributed by atoms with Gasteiger partial charge in [-0.05, 0) is 13.8 Å². The lowest BCUT2D eigenvalue weighted by atomic mass is 10.4. The molecule has 9 heavy (non-hydrogen) atoms. The molecule has 0 saturated carbocycles. The van der Waals surface area contributed by atoms with Crippen molar-refractivity contribution in [2.24, 2.45) is 0 Å². The molecule has 0 aromatic carbocycles. The molecule has 0 saturated heterocycles. The van der Waals surface area contributed by atoms with Crippen LogP contribution in [0, 0.1) is 0 Å². The number of aromatic nitrogens is 1. The molecule has 1 aromatic rings. The first-order valence-electron chi connectivity index (χ1n) is 2.73. The SMILES string of the molecule is CC(C)[n+]1ccoc1.[Cl-]. The molecular formula is C6H10ClNO. The molecule has 0 bridgehead atoms. The maximum Gasteiger partial charge on any atom is 0.334 e. The van der Waals surface area contributed by atoms with Gasteiger partial charge in [-0.1, -0.05) is 0 Å². The maximum atomic E-state index is 4.84. The molecule has 0 aliphatic carbocycles. The van der Waals surface area contributed by atoms with Crippen LogP contribution in [-0.2, 0) is 0 Å². The molecular weight excluding hydrogens is 138 g/mol. The van der Waals surface area contributed by atoms with E-state index in [0.717, 1.165) is 0 Å². The summed E-state index contributed by atoms with van der Waals surface area (Å²) in [5, 5.41) is 0. The zero-order valence-electron chi connectivity index (χ0n) is 5.54. The molecule has 0 N–H and O–H groups in total. The van der Waals surface area contributed by atoms with E-state index in [1.54, 1.807) is 12.7 Å². The number of hydrogen-bond acceptors (Lipinski definition) is 1. The third-order valence-corrected chi connectivity index (χ3v) is 1.09. The van der Waals surface area contributed by atoms with Gasteiger partial charge in [-0.3, -0.25) is 0 Å². The van der Waals surface area contributed by atoms with Gasteiger partial charge in [0.15, 0.2) is 12.3 Å². The van der Waals surface area contributed by atoms with E-state index in [2.05, 4.69) is 13.8 Å². The van der Waals surface area contributed by atoms with E-state index in [0.29, 0.717) is 6.04 Å². The molecule has 2 nitrogen and oxygen atoms in total. The van der Waals surface area contributed by atoms with Crippen molar-refractivity contribution in [3.05, 3.63) is 18.9 Å². The fourth-order valence-electron chi connectivity index (χ4n) is 0.540. The average Bonchev–Trinajstić information content (AvgIpc) is 2.12. The largest absolute Gasteiger partial charge is 1.00 e. The zero-order chi connectivity index (χ0) is 5.98. The van der Waals surface area contributed by atoms with Gasteiger partial charge in [0.05, 0.1) is 0 Å². The van der Waals surface area contributed by atoms with E-state index >= 15 is 0 Å². The van der Waals surface area contributed by atoms with Crippen LogP contribution in [0.1, 0.15) is 19.9 Å². The van der Waals surface area contributed by atoms with E-state index < -0.39 is 0 Å². The van der Waals surface area contributed by atoms with Crippen molar-refractivity contribution in [1.29, 1.82) is 0 Å². The normalized spacial score (nSPS) is 9.22. The molecule has 0 aliphatic heterocycles. The molecule has 1 aromatic heterocycles. The van der Waals surface area contributed by atoms with Crippen LogP contribution in [0.5, 0.6) is 0 Å². The van der Waals surface area contributed by atoms with E-state index in [1.165, 1.54) is 0 Å². The Morgan fingerprint density at radius 2 is 2.11 bits per heavy atom. The van der Waals surface area contributed by atoms with E-state index in [-0.39, 0.29) is 12.4 Å². The lowest BCUT2D eigenvalue weighted by Gasteiger charge is -1.89. The van der Waals surface area contributed by atoms with E-state index in [4.69, 9.17) is 4.42 Å². The Morgan fingerprint density at radius 3 is 2.33 bits per heavy atom. The predicted molar refractivity (Wildman–Crippen MR) is 29.3 cm³/mol. The highest BCUT2D eigenvalue weighted by molar-refractivity contribution is 4.48. The molecule has 0 aliphatic rings. The Bertz CT molecular complexity index is 148. The molecule has 0 radical (unpaired) electrons. The summed E-state index contributed by atoms with van der Waals surface area (Å²) in [4.78, 5) is 0. The van der Waals surface area contributed by atoms with Gasteiger partial charge in [0.1, 0.15) is 0 Å². The van der Waals surface area contributed by atoms with Gasteiger partial charge in [0.25, 0.3) is 0 Å². The van der Waals surface area contributed by atoms with Gasteiger partial charge in [0.2, 0.25) is 6.20 Å². The first-order valence-corrected chi connectivity index (χ1v) is 2.73. The van der Waals surface area contributed by atoms with Crippen LogP contribution in [0.2, 0.25) is 0 Å². The van der Waals surface area contributed by atoms with Gasteiger partial charge < -0.3 is 16.8 Å². The molecule has 3 heteroatoms. The van der Waals surface area contributed by atoms with Crippen LogP contribution >= 0.6 is 0 Å². The van der Waals surface area contributed by atoms with Crippen molar-refractivity contribution >= 4 is 0 Å². The van der Waals surface area contributed by atoms with Crippen molar-refractivity contribution in [1.82, 2.24) is 0 Å². The molecule has 0 spiro atoms. The first-order chi connectivity index (χ1) is 3.80. The topological polar surface area (TPSA) is 17.0 Å². The number of nitrogens with zero attached hydrogens (tertiary/aromatic N) is 1. The third-order valence-electron chi connectivity index (χ3n) is 1.09. The minimum Gasteiger partial charge on any atom is -1.00 e. The van der Waals surface area contributed by atoms with Crippen molar-refractivity contribution in [2.45, 2.75) is 19.9 Å².